The van der Waals surface area contributed by atoms with Gasteiger partial charge in [-0.05, 0) is 61.8 Å². The summed E-state index contributed by atoms with van der Waals surface area (Å²) in [7, 11) is 0. The fraction of sp³-hybridized carbons (Fsp3) is 0.316. The van der Waals surface area contributed by atoms with Gasteiger partial charge >= 0.3 is 5.69 Å². The van der Waals surface area contributed by atoms with Crippen molar-refractivity contribution in [2.75, 3.05) is 13.1 Å². The van der Waals surface area contributed by atoms with Crippen LogP contribution in [-0.2, 0) is 0 Å². The van der Waals surface area contributed by atoms with Crippen LogP contribution < -0.4 is 15.4 Å². The third-order valence-corrected chi connectivity index (χ3v) is 4.80. The zero-order chi connectivity index (χ0) is 19.4. The molecule has 1 aliphatic heterocycles. The minimum absolute atomic E-state index is 0.0881. The first-order valence-electron chi connectivity index (χ1n) is 8.67. The summed E-state index contributed by atoms with van der Waals surface area (Å²) in [6.45, 7) is 3.88. The van der Waals surface area contributed by atoms with Crippen LogP contribution >= 0.6 is 11.6 Å². The Kier molecular flexibility index (Phi) is 5.93. The number of hydrogen-bond acceptors (Lipinski definition) is 5. The number of hydrogen-bond donors (Lipinski definition) is 2. The van der Waals surface area contributed by atoms with E-state index in [1.165, 1.54) is 18.2 Å². The van der Waals surface area contributed by atoms with E-state index in [0.29, 0.717) is 17.2 Å². The third kappa shape index (κ3) is 4.75. The summed E-state index contributed by atoms with van der Waals surface area (Å²) in [6.07, 6.45) is 0.897. The molecule has 3 rings (SSSR count). The van der Waals surface area contributed by atoms with Crippen LogP contribution in [0.1, 0.15) is 23.7 Å². The van der Waals surface area contributed by atoms with Crippen molar-refractivity contribution < 1.29 is 14.5 Å². The van der Waals surface area contributed by atoms with Gasteiger partial charge in [0.1, 0.15) is 5.75 Å². The molecule has 1 fully saturated rings. The van der Waals surface area contributed by atoms with E-state index in [9.17, 15) is 14.9 Å². The maximum Gasteiger partial charge on any atom is 0.313 e. The van der Waals surface area contributed by atoms with E-state index in [2.05, 4.69) is 17.6 Å². The second-order valence-corrected chi connectivity index (χ2v) is 6.98. The molecule has 2 unspecified atom stereocenters. The van der Waals surface area contributed by atoms with E-state index in [1.807, 2.05) is 0 Å². The average Bonchev–Trinajstić information content (AvgIpc) is 2.65. The van der Waals surface area contributed by atoms with Crippen molar-refractivity contribution in [3.05, 3.63) is 63.2 Å². The lowest BCUT2D eigenvalue weighted by molar-refractivity contribution is -0.385. The molecule has 1 saturated heterocycles. The first-order valence-corrected chi connectivity index (χ1v) is 9.05. The molecule has 8 heteroatoms. The van der Waals surface area contributed by atoms with Crippen LogP contribution in [0, 0.1) is 16.0 Å². The lowest BCUT2D eigenvalue weighted by Crippen LogP contribution is -2.48. The SMILES string of the molecule is CC1CNCCC1NC(=O)c1ccc(Oc2ccc(Cl)cc2[N+](=O)[O-])cc1. The number of amides is 1. The van der Waals surface area contributed by atoms with E-state index < -0.39 is 4.92 Å². The molecular weight excluding hydrogens is 370 g/mol. The summed E-state index contributed by atoms with van der Waals surface area (Å²) in [5.41, 5.74) is 0.294. The maximum absolute atomic E-state index is 12.4. The van der Waals surface area contributed by atoms with E-state index in [4.69, 9.17) is 16.3 Å². The van der Waals surface area contributed by atoms with E-state index in [-0.39, 0.29) is 28.4 Å². The molecule has 1 heterocycles. The fourth-order valence-electron chi connectivity index (χ4n) is 3.00. The molecule has 27 heavy (non-hydrogen) atoms. The minimum Gasteiger partial charge on any atom is -0.450 e. The number of nitrogens with one attached hydrogen (secondary N) is 2. The van der Waals surface area contributed by atoms with Crippen LogP contribution in [0.25, 0.3) is 0 Å². The molecule has 0 bridgehead atoms. The fourth-order valence-corrected chi connectivity index (χ4v) is 3.17. The highest BCUT2D eigenvalue weighted by molar-refractivity contribution is 6.30. The molecule has 2 N–H and O–H groups in total. The number of rotatable bonds is 5. The highest BCUT2D eigenvalue weighted by atomic mass is 35.5. The van der Waals surface area contributed by atoms with Crippen LogP contribution in [0.2, 0.25) is 5.02 Å². The van der Waals surface area contributed by atoms with Gasteiger partial charge in [0.05, 0.1) is 4.92 Å². The minimum atomic E-state index is -0.552. The van der Waals surface area contributed by atoms with Crippen molar-refractivity contribution in [1.29, 1.82) is 0 Å². The van der Waals surface area contributed by atoms with Gasteiger partial charge in [-0.3, -0.25) is 14.9 Å². The van der Waals surface area contributed by atoms with Crippen molar-refractivity contribution in [1.82, 2.24) is 10.6 Å². The Morgan fingerprint density at radius 1 is 1.30 bits per heavy atom. The molecule has 1 amide bonds. The molecule has 0 aliphatic carbocycles. The molecule has 0 spiro atoms. The third-order valence-electron chi connectivity index (χ3n) is 4.56. The Balaban J connectivity index is 1.69. The Hall–Kier alpha value is -2.64. The quantitative estimate of drug-likeness (QED) is 0.599. The standard InChI is InChI=1S/C19H20ClN3O4/c1-12-11-21-9-8-16(12)22-19(24)13-2-5-15(6-3-13)27-18-7-4-14(20)10-17(18)23(25)26/h2-7,10,12,16,21H,8-9,11H2,1H3,(H,22,24). The number of piperidine rings is 1. The van der Waals surface area contributed by atoms with Crippen molar-refractivity contribution >= 4 is 23.2 Å². The van der Waals surface area contributed by atoms with Gasteiger partial charge < -0.3 is 15.4 Å². The molecule has 2 atom stereocenters. The van der Waals surface area contributed by atoms with Gasteiger partial charge in [0.2, 0.25) is 5.75 Å². The molecule has 142 valence electrons. The summed E-state index contributed by atoms with van der Waals surface area (Å²) in [5, 5.41) is 17.8. The topological polar surface area (TPSA) is 93.5 Å². The summed E-state index contributed by atoms with van der Waals surface area (Å²) < 4.78 is 5.59. The lowest BCUT2D eigenvalue weighted by Gasteiger charge is -2.30. The van der Waals surface area contributed by atoms with Gasteiger partial charge in [-0.2, -0.15) is 0 Å². The van der Waals surface area contributed by atoms with Crippen molar-refractivity contribution in [3.63, 3.8) is 0 Å². The zero-order valence-corrected chi connectivity index (χ0v) is 15.5. The van der Waals surface area contributed by atoms with Crippen molar-refractivity contribution in [2.24, 2.45) is 5.92 Å². The largest absolute Gasteiger partial charge is 0.450 e. The summed E-state index contributed by atoms with van der Waals surface area (Å²) in [4.78, 5) is 23.0. The number of nitro groups is 1. The molecule has 2 aromatic rings. The van der Waals surface area contributed by atoms with Crippen LogP contribution in [0.3, 0.4) is 0 Å². The summed E-state index contributed by atoms with van der Waals surface area (Å²) in [6, 6.07) is 10.8. The number of halogens is 1. The number of carbonyl (C=O) groups is 1. The highest BCUT2D eigenvalue weighted by Crippen LogP contribution is 2.33. The van der Waals surface area contributed by atoms with E-state index in [1.54, 1.807) is 24.3 Å². The van der Waals surface area contributed by atoms with E-state index >= 15 is 0 Å². The molecule has 7 nitrogen and oxygen atoms in total. The smallest absolute Gasteiger partial charge is 0.313 e. The van der Waals surface area contributed by atoms with Gasteiger partial charge in [-0.15, -0.1) is 0 Å². The molecule has 2 aromatic carbocycles. The van der Waals surface area contributed by atoms with Crippen LogP contribution in [-0.4, -0.2) is 30.0 Å². The Morgan fingerprint density at radius 3 is 2.70 bits per heavy atom. The number of nitrogens with zero attached hydrogens (tertiary/aromatic N) is 1. The molecule has 0 saturated carbocycles. The Labute approximate surface area is 161 Å². The second kappa shape index (κ2) is 8.37. The number of nitro benzene ring substituents is 1. The zero-order valence-electron chi connectivity index (χ0n) is 14.8. The van der Waals surface area contributed by atoms with Gasteiger partial charge in [0.15, 0.2) is 0 Å². The van der Waals surface area contributed by atoms with E-state index in [0.717, 1.165) is 19.5 Å². The summed E-state index contributed by atoms with van der Waals surface area (Å²) >= 11 is 5.80. The number of ether oxygens (including phenoxy) is 1. The normalized spacial score (nSPS) is 19.3. The van der Waals surface area contributed by atoms with Gasteiger partial charge in [0, 0.05) is 22.7 Å². The van der Waals surface area contributed by atoms with Crippen molar-refractivity contribution in [3.8, 4) is 11.5 Å². The van der Waals surface area contributed by atoms with Crippen LogP contribution in [0.4, 0.5) is 5.69 Å². The van der Waals surface area contributed by atoms with Crippen LogP contribution in [0.15, 0.2) is 42.5 Å². The number of benzene rings is 2. The van der Waals surface area contributed by atoms with Gasteiger partial charge in [0.25, 0.3) is 5.91 Å². The van der Waals surface area contributed by atoms with Gasteiger partial charge in [-0.25, -0.2) is 0 Å². The average molecular weight is 390 g/mol. The first kappa shape index (κ1) is 19.1. The molecular formula is C19H20ClN3O4. The predicted molar refractivity (Wildman–Crippen MR) is 103 cm³/mol. The first-order chi connectivity index (χ1) is 12.9. The van der Waals surface area contributed by atoms with Crippen LogP contribution in [0.5, 0.6) is 11.5 Å². The monoisotopic (exact) mass is 389 g/mol. The number of carbonyl (C=O) groups excluding carboxylic acids is 1. The molecule has 0 radical (unpaired) electrons. The van der Waals surface area contributed by atoms with Crippen molar-refractivity contribution in [2.45, 2.75) is 19.4 Å². The molecule has 0 aromatic heterocycles. The molecule has 1 aliphatic rings. The summed E-state index contributed by atoms with van der Waals surface area (Å²) in [5.74, 6) is 0.714. The predicted octanol–water partition coefficient (Wildman–Crippen LogP) is 3.77. The second-order valence-electron chi connectivity index (χ2n) is 6.55. The maximum atomic E-state index is 12.4. The Morgan fingerprint density at radius 2 is 2.04 bits per heavy atom. The lowest BCUT2D eigenvalue weighted by atomic mass is 9.95. The van der Waals surface area contributed by atoms with Gasteiger partial charge in [-0.1, -0.05) is 18.5 Å². The Bertz CT molecular complexity index is 841. The highest BCUT2D eigenvalue weighted by Gasteiger charge is 2.23.